The van der Waals surface area contributed by atoms with E-state index in [9.17, 15) is 8.78 Å². The van der Waals surface area contributed by atoms with Gasteiger partial charge in [-0.2, -0.15) is 5.26 Å². The van der Waals surface area contributed by atoms with Crippen molar-refractivity contribution in [2.45, 2.75) is 31.5 Å². The van der Waals surface area contributed by atoms with Crippen molar-refractivity contribution in [2.75, 3.05) is 42.6 Å². The van der Waals surface area contributed by atoms with Crippen molar-refractivity contribution < 1.29 is 13.5 Å². The van der Waals surface area contributed by atoms with E-state index in [1.165, 1.54) is 23.5 Å². The van der Waals surface area contributed by atoms with Gasteiger partial charge < -0.3 is 20.3 Å². The van der Waals surface area contributed by atoms with Gasteiger partial charge >= 0.3 is 0 Å². The molecule has 11 heteroatoms. The van der Waals surface area contributed by atoms with E-state index < -0.39 is 6.17 Å². The first kappa shape index (κ1) is 23.6. The van der Waals surface area contributed by atoms with E-state index in [-0.39, 0.29) is 24.2 Å². The molecule has 8 nitrogen and oxygen atoms in total. The molecule has 0 saturated carbocycles. The predicted octanol–water partition coefficient (Wildman–Crippen LogP) is 3.39. The number of rotatable bonds is 6. The topological polar surface area (TPSA) is 104 Å². The van der Waals surface area contributed by atoms with E-state index >= 15 is 0 Å². The minimum atomic E-state index is -1.17. The van der Waals surface area contributed by atoms with Crippen LogP contribution in [-0.4, -0.2) is 60.0 Å². The maximum Gasteiger partial charge on any atom is 0.225 e. The summed E-state index contributed by atoms with van der Waals surface area (Å²) in [5.74, 6) is 0.839. The maximum absolute atomic E-state index is 14.3. The molecule has 3 aliphatic rings. The van der Waals surface area contributed by atoms with Gasteiger partial charge in [-0.25, -0.2) is 23.7 Å². The molecule has 184 valence electrons. The molecule has 2 saturated heterocycles. The lowest BCUT2D eigenvalue weighted by Gasteiger charge is -2.31. The molecule has 2 N–H and O–H groups in total. The molecule has 2 aromatic heterocycles. The monoisotopic (exact) mass is 499 g/mol. The fraction of sp³-hybridized carbons (Fsp3) is 0.500. The molecule has 2 aliphatic heterocycles. The fourth-order valence-corrected chi connectivity index (χ4v) is 5.58. The maximum atomic E-state index is 14.3. The lowest BCUT2D eigenvalue weighted by molar-refractivity contribution is 0.221. The first-order chi connectivity index (χ1) is 17.0. The average Bonchev–Trinajstić information content (AvgIpc) is 3.52. The van der Waals surface area contributed by atoms with Crippen LogP contribution in [0.15, 0.2) is 42.1 Å². The van der Waals surface area contributed by atoms with Crippen LogP contribution in [0.1, 0.15) is 24.1 Å². The molecule has 0 spiro atoms. The molecule has 2 fully saturated rings. The van der Waals surface area contributed by atoms with E-state index in [4.69, 9.17) is 15.7 Å². The molecule has 0 bridgehead atoms. The van der Waals surface area contributed by atoms with Crippen LogP contribution < -0.4 is 20.3 Å². The number of alkyl halides is 1. The first-order valence-corrected chi connectivity index (χ1v) is 12.6. The number of anilines is 2. The Morgan fingerprint density at radius 1 is 1.14 bits per heavy atom. The van der Waals surface area contributed by atoms with Gasteiger partial charge in [0.15, 0.2) is 10.9 Å². The molecule has 35 heavy (non-hydrogen) atoms. The van der Waals surface area contributed by atoms with E-state index in [2.05, 4.69) is 25.9 Å². The lowest BCUT2D eigenvalue weighted by Crippen LogP contribution is -2.35. The van der Waals surface area contributed by atoms with Gasteiger partial charge in [0.2, 0.25) is 5.95 Å². The fourth-order valence-electron chi connectivity index (χ4n) is 4.81. The van der Waals surface area contributed by atoms with Gasteiger partial charge in [-0.15, -0.1) is 0 Å². The number of thiazole rings is 1. The Bertz CT molecular complexity index is 1140. The minimum Gasteiger partial charge on any atom is -0.490 e. The van der Waals surface area contributed by atoms with E-state index in [0.717, 1.165) is 31.1 Å². The zero-order valence-electron chi connectivity index (χ0n) is 19.2. The second-order valence-electron chi connectivity index (χ2n) is 9.18. The first-order valence-electron chi connectivity index (χ1n) is 11.8. The smallest absolute Gasteiger partial charge is 0.225 e. The molecule has 0 amide bonds. The summed E-state index contributed by atoms with van der Waals surface area (Å²) >= 11 is 1.42. The van der Waals surface area contributed by atoms with E-state index in [1.807, 2.05) is 4.90 Å². The number of aromatic nitrogens is 3. The number of nitrogens with zero attached hydrogens (tertiary/aromatic N) is 6. The van der Waals surface area contributed by atoms with Crippen LogP contribution in [0.5, 0.6) is 5.75 Å². The summed E-state index contributed by atoms with van der Waals surface area (Å²) in [6.07, 6.45) is 8.42. The summed E-state index contributed by atoms with van der Waals surface area (Å²) in [4.78, 5) is 17.9. The van der Waals surface area contributed by atoms with Crippen LogP contribution >= 0.6 is 11.3 Å². The molecule has 4 heterocycles. The number of hydrogen-bond acceptors (Lipinski definition) is 9. The standard InChI is InChI=1S/C24H27F2N7OS/c25-16-1-2-21(26)19(7-16)20-12-33(13-22(20)28)23-29-9-17(10-30-23)34-14-15-3-5-32(6-4-15)24-31-11-18(8-27)35-24/h2,7,9-11,15-16,20,22H,1,3-6,12-14,28H2/t16?,20-,22+/m1/s1. The van der Waals surface area contributed by atoms with Gasteiger partial charge in [-0.3, -0.25) is 0 Å². The highest BCUT2D eigenvalue weighted by atomic mass is 32.1. The molecule has 0 radical (unpaired) electrons. The van der Waals surface area contributed by atoms with Crippen molar-refractivity contribution in [1.29, 1.82) is 5.26 Å². The summed E-state index contributed by atoms with van der Waals surface area (Å²) in [6.45, 7) is 3.26. The molecule has 5 rings (SSSR count). The van der Waals surface area contributed by atoms with Gasteiger partial charge in [0.05, 0.1) is 25.2 Å². The number of halogens is 2. The molecular weight excluding hydrogens is 472 g/mol. The van der Waals surface area contributed by atoms with E-state index in [0.29, 0.717) is 47.8 Å². The third-order valence-corrected chi connectivity index (χ3v) is 7.76. The lowest BCUT2D eigenvalue weighted by atomic mass is 9.89. The number of nitriles is 1. The van der Waals surface area contributed by atoms with Crippen molar-refractivity contribution in [3.05, 3.63) is 47.0 Å². The molecule has 2 aromatic rings. The van der Waals surface area contributed by atoms with Crippen LogP contribution in [0.4, 0.5) is 19.9 Å². The zero-order chi connectivity index (χ0) is 24.4. The van der Waals surface area contributed by atoms with Crippen molar-refractivity contribution in [3.8, 4) is 11.8 Å². The van der Waals surface area contributed by atoms with Crippen LogP contribution in [0.2, 0.25) is 0 Å². The largest absolute Gasteiger partial charge is 0.490 e. The Kier molecular flexibility index (Phi) is 6.92. The highest BCUT2D eigenvalue weighted by Crippen LogP contribution is 2.34. The predicted molar refractivity (Wildman–Crippen MR) is 130 cm³/mol. The van der Waals surface area contributed by atoms with Gasteiger partial charge in [-0.1, -0.05) is 11.3 Å². The highest BCUT2D eigenvalue weighted by Gasteiger charge is 2.36. The Balaban J connectivity index is 1.11. The van der Waals surface area contributed by atoms with Gasteiger partial charge in [-0.05, 0) is 36.5 Å². The normalized spacial score (nSPS) is 25.3. The van der Waals surface area contributed by atoms with Gasteiger partial charge in [0.1, 0.15) is 22.9 Å². The molecular formula is C24H27F2N7OS. The second kappa shape index (κ2) is 10.3. The van der Waals surface area contributed by atoms with Crippen molar-refractivity contribution in [3.63, 3.8) is 0 Å². The quantitative estimate of drug-likeness (QED) is 0.645. The summed E-state index contributed by atoms with van der Waals surface area (Å²) < 4.78 is 34.0. The Morgan fingerprint density at radius 2 is 1.91 bits per heavy atom. The molecule has 0 aromatic carbocycles. The molecule has 1 unspecified atom stereocenters. The number of piperidine rings is 1. The number of hydrogen-bond donors (Lipinski definition) is 1. The van der Waals surface area contributed by atoms with Crippen molar-refractivity contribution >= 4 is 22.4 Å². The van der Waals surface area contributed by atoms with Crippen molar-refractivity contribution in [1.82, 2.24) is 15.0 Å². The Labute approximate surface area is 206 Å². The second-order valence-corrected chi connectivity index (χ2v) is 10.2. The van der Waals surface area contributed by atoms with Crippen LogP contribution in [0.3, 0.4) is 0 Å². The molecule has 1 aliphatic carbocycles. The Hall–Kier alpha value is -3.10. The number of nitrogens with two attached hydrogens (primary N) is 1. The SMILES string of the molecule is N#Cc1cnc(N2CCC(COc3cnc(N4C[C@H](C5=CC(F)CC=C5F)[C@@H](N)C4)nc3)CC2)s1. The van der Waals surface area contributed by atoms with Crippen molar-refractivity contribution in [2.24, 2.45) is 17.6 Å². The summed E-state index contributed by atoms with van der Waals surface area (Å²) in [5, 5.41) is 9.88. The zero-order valence-corrected chi connectivity index (χ0v) is 20.0. The summed E-state index contributed by atoms with van der Waals surface area (Å²) in [5.41, 5.74) is 6.61. The minimum absolute atomic E-state index is 0.0692. The molecule has 3 atom stereocenters. The summed E-state index contributed by atoms with van der Waals surface area (Å²) in [7, 11) is 0. The van der Waals surface area contributed by atoms with Gasteiger partial charge in [0, 0.05) is 44.6 Å². The average molecular weight is 500 g/mol. The number of ether oxygens (including phenoxy) is 1. The third-order valence-electron chi connectivity index (χ3n) is 6.79. The third kappa shape index (κ3) is 5.28. The number of allylic oxidation sites excluding steroid dienone is 3. The summed E-state index contributed by atoms with van der Waals surface area (Å²) in [6, 6.07) is 1.81. The van der Waals surface area contributed by atoms with Crippen LogP contribution in [0, 0.1) is 23.2 Å². The van der Waals surface area contributed by atoms with Crippen LogP contribution in [0.25, 0.3) is 0 Å². The Morgan fingerprint density at radius 3 is 2.63 bits per heavy atom. The van der Waals surface area contributed by atoms with E-state index in [1.54, 1.807) is 18.6 Å². The highest BCUT2D eigenvalue weighted by molar-refractivity contribution is 7.16. The van der Waals surface area contributed by atoms with Crippen LogP contribution in [-0.2, 0) is 0 Å². The van der Waals surface area contributed by atoms with Gasteiger partial charge in [0.25, 0.3) is 0 Å².